The van der Waals surface area contributed by atoms with Crippen LogP contribution >= 0.6 is 11.3 Å². The number of para-hydroxylation sites is 1. The molecule has 130 valence electrons. The number of hydrogen-bond donors (Lipinski definition) is 0. The first-order valence-corrected chi connectivity index (χ1v) is 9.11. The standard InChI is InChI=1S/C20H18N4OS/c1-23(12-14-11-21-24(2)13-14)20(25)16-8-4-3-7-15(16)19-22-17-9-5-6-10-18(17)26-19/h3-11,13H,12H2,1-2H3. The molecule has 2 aromatic carbocycles. The quantitative estimate of drug-likeness (QED) is 0.552. The van der Waals surface area contributed by atoms with E-state index in [0.29, 0.717) is 12.1 Å². The third-order valence-corrected chi connectivity index (χ3v) is 5.28. The van der Waals surface area contributed by atoms with Crippen molar-refractivity contribution in [1.82, 2.24) is 19.7 Å². The number of thiazole rings is 1. The van der Waals surface area contributed by atoms with Gasteiger partial charge >= 0.3 is 0 Å². The highest BCUT2D eigenvalue weighted by Gasteiger charge is 2.19. The Balaban J connectivity index is 1.67. The SMILES string of the molecule is CN(Cc1cnn(C)c1)C(=O)c1ccccc1-c1nc2ccccc2s1. The molecule has 0 spiro atoms. The van der Waals surface area contributed by atoms with E-state index >= 15 is 0 Å². The fraction of sp³-hybridized carbons (Fsp3) is 0.150. The summed E-state index contributed by atoms with van der Waals surface area (Å²) in [7, 11) is 3.68. The van der Waals surface area contributed by atoms with Gasteiger partial charge in [0.25, 0.3) is 5.91 Å². The molecule has 26 heavy (non-hydrogen) atoms. The van der Waals surface area contributed by atoms with Gasteiger partial charge in [0.2, 0.25) is 0 Å². The molecule has 0 unspecified atom stereocenters. The fourth-order valence-corrected chi connectivity index (χ4v) is 3.95. The summed E-state index contributed by atoms with van der Waals surface area (Å²) in [5.41, 5.74) is 3.49. The lowest BCUT2D eigenvalue weighted by molar-refractivity contribution is 0.0786. The predicted octanol–water partition coefficient (Wildman–Crippen LogP) is 3.97. The summed E-state index contributed by atoms with van der Waals surface area (Å²) in [6.45, 7) is 0.515. The van der Waals surface area contributed by atoms with E-state index in [2.05, 4.69) is 11.2 Å². The van der Waals surface area contributed by atoms with E-state index in [9.17, 15) is 4.79 Å². The Hall–Kier alpha value is -2.99. The highest BCUT2D eigenvalue weighted by molar-refractivity contribution is 7.21. The van der Waals surface area contributed by atoms with E-state index in [1.807, 2.05) is 62.8 Å². The molecule has 0 aliphatic carbocycles. The van der Waals surface area contributed by atoms with E-state index in [1.165, 1.54) is 0 Å². The van der Waals surface area contributed by atoms with Crippen molar-refractivity contribution in [3.63, 3.8) is 0 Å². The minimum atomic E-state index is -0.0243. The van der Waals surface area contributed by atoms with Gasteiger partial charge in [0.1, 0.15) is 5.01 Å². The summed E-state index contributed by atoms with van der Waals surface area (Å²) in [4.78, 5) is 19.5. The summed E-state index contributed by atoms with van der Waals surface area (Å²) >= 11 is 1.61. The lowest BCUT2D eigenvalue weighted by atomic mass is 10.1. The first kappa shape index (κ1) is 16.5. The van der Waals surface area contributed by atoms with Crippen molar-refractivity contribution < 1.29 is 4.79 Å². The van der Waals surface area contributed by atoms with Gasteiger partial charge in [0.05, 0.1) is 16.4 Å². The Labute approximate surface area is 155 Å². The van der Waals surface area contributed by atoms with Gasteiger partial charge in [-0.05, 0) is 18.2 Å². The van der Waals surface area contributed by atoms with Crippen LogP contribution in [-0.2, 0) is 13.6 Å². The number of benzene rings is 2. The molecule has 0 aliphatic rings. The third kappa shape index (κ3) is 3.11. The Kier molecular flexibility index (Phi) is 4.26. The third-order valence-electron chi connectivity index (χ3n) is 4.21. The van der Waals surface area contributed by atoms with Crippen molar-refractivity contribution >= 4 is 27.5 Å². The molecule has 4 aromatic rings. The predicted molar refractivity (Wildman–Crippen MR) is 104 cm³/mol. The molecular formula is C20H18N4OS. The zero-order chi connectivity index (χ0) is 18.1. The Morgan fingerprint density at radius 3 is 2.69 bits per heavy atom. The fourth-order valence-electron chi connectivity index (χ4n) is 2.95. The lowest BCUT2D eigenvalue weighted by Crippen LogP contribution is -2.26. The molecule has 6 heteroatoms. The summed E-state index contributed by atoms with van der Waals surface area (Å²) in [5, 5.41) is 5.03. The maximum Gasteiger partial charge on any atom is 0.254 e. The molecule has 5 nitrogen and oxygen atoms in total. The second kappa shape index (κ2) is 6.72. The molecule has 0 atom stereocenters. The summed E-state index contributed by atoms with van der Waals surface area (Å²) in [6.07, 6.45) is 3.70. The summed E-state index contributed by atoms with van der Waals surface area (Å²) in [6, 6.07) is 15.7. The molecule has 0 aliphatic heterocycles. The maximum absolute atomic E-state index is 13.0. The Morgan fingerprint density at radius 2 is 1.92 bits per heavy atom. The number of carbonyl (C=O) groups excluding carboxylic acids is 1. The molecule has 0 bridgehead atoms. The van der Waals surface area contributed by atoms with E-state index in [4.69, 9.17) is 4.98 Å². The molecule has 1 amide bonds. The van der Waals surface area contributed by atoms with Crippen LogP contribution < -0.4 is 0 Å². The van der Waals surface area contributed by atoms with Gasteiger partial charge in [-0.25, -0.2) is 4.98 Å². The summed E-state index contributed by atoms with van der Waals surface area (Å²) in [5.74, 6) is -0.0243. The van der Waals surface area contributed by atoms with Gasteiger partial charge < -0.3 is 4.90 Å². The first-order valence-electron chi connectivity index (χ1n) is 8.30. The van der Waals surface area contributed by atoms with E-state index in [1.54, 1.807) is 27.1 Å². The molecule has 2 aromatic heterocycles. The van der Waals surface area contributed by atoms with Gasteiger partial charge in [0.15, 0.2) is 0 Å². The number of rotatable bonds is 4. The normalized spacial score (nSPS) is 11.0. The zero-order valence-electron chi connectivity index (χ0n) is 14.6. The van der Waals surface area contributed by atoms with Crippen molar-refractivity contribution in [1.29, 1.82) is 0 Å². The van der Waals surface area contributed by atoms with Crippen molar-refractivity contribution in [2.45, 2.75) is 6.54 Å². The molecule has 0 N–H and O–H groups in total. The molecule has 0 fully saturated rings. The van der Waals surface area contributed by atoms with E-state index in [0.717, 1.165) is 26.4 Å². The molecular weight excluding hydrogens is 344 g/mol. The number of carbonyl (C=O) groups is 1. The first-order chi connectivity index (χ1) is 12.6. The van der Waals surface area contributed by atoms with Crippen molar-refractivity contribution in [3.05, 3.63) is 72.1 Å². The monoisotopic (exact) mass is 362 g/mol. The van der Waals surface area contributed by atoms with Crippen LogP contribution in [0.3, 0.4) is 0 Å². The highest BCUT2D eigenvalue weighted by Crippen LogP contribution is 2.32. The topological polar surface area (TPSA) is 51.0 Å². The average molecular weight is 362 g/mol. The van der Waals surface area contributed by atoms with Crippen LogP contribution in [0, 0.1) is 0 Å². The van der Waals surface area contributed by atoms with Gasteiger partial charge in [-0.1, -0.05) is 30.3 Å². The summed E-state index contributed by atoms with van der Waals surface area (Å²) < 4.78 is 2.86. The van der Waals surface area contributed by atoms with Crippen molar-refractivity contribution in [2.75, 3.05) is 7.05 Å². The molecule has 0 radical (unpaired) electrons. The number of amides is 1. The second-order valence-electron chi connectivity index (χ2n) is 6.22. The van der Waals surface area contributed by atoms with Crippen LogP contribution in [0.2, 0.25) is 0 Å². The number of hydrogen-bond acceptors (Lipinski definition) is 4. The van der Waals surface area contributed by atoms with Crippen LogP contribution in [0.25, 0.3) is 20.8 Å². The van der Waals surface area contributed by atoms with Gasteiger partial charge in [-0.3, -0.25) is 9.48 Å². The number of aryl methyl sites for hydroxylation is 1. The molecule has 4 rings (SSSR count). The Morgan fingerprint density at radius 1 is 1.15 bits per heavy atom. The smallest absolute Gasteiger partial charge is 0.254 e. The van der Waals surface area contributed by atoms with Gasteiger partial charge in [-0.15, -0.1) is 11.3 Å². The van der Waals surface area contributed by atoms with Crippen LogP contribution in [0.4, 0.5) is 0 Å². The van der Waals surface area contributed by atoms with E-state index < -0.39 is 0 Å². The van der Waals surface area contributed by atoms with Crippen molar-refractivity contribution in [2.24, 2.45) is 7.05 Å². The maximum atomic E-state index is 13.0. The molecule has 0 saturated heterocycles. The Bertz CT molecular complexity index is 1050. The van der Waals surface area contributed by atoms with Crippen molar-refractivity contribution in [3.8, 4) is 10.6 Å². The van der Waals surface area contributed by atoms with Gasteiger partial charge in [-0.2, -0.15) is 5.10 Å². The largest absolute Gasteiger partial charge is 0.337 e. The number of nitrogens with zero attached hydrogens (tertiary/aromatic N) is 4. The molecule has 0 saturated carbocycles. The second-order valence-corrected chi connectivity index (χ2v) is 7.25. The van der Waals surface area contributed by atoms with E-state index in [-0.39, 0.29) is 5.91 Å². The number of fused-ring (bicyclic) bond motifs is 1. The van der Waals surface area contributed by atoms with Gasteiger partial charge in [0, 0.05) is 43.5 Å². The van der Waals surface area contributed by atoms with Crippen LogP contribution in [-0.4, -0.2) is 32.6 Å². The minimum absolute atomic E-state index is 0.0243. The highest BCUT2D eigenvalue weighted by atomic mass is 32.1. The minimum Gasteiger partial charge on any atom is -0.337 e. The number of aromatic nitrogens is 3. The van der Waals surface area contributed by atoms with Crippen LogP contribution in [0.5, 0.6) is 0 Å². The average Bonchev–Trinajstić information content (AvgIpc) is 3.26. The lowest BCUT2D eigenvalue weighted by Gasteiger charge is -2.17. The van der Waals surface area contributed by atoms with Crippen LogP contribution in [0.1, 0.15) is 15.9 Å². The van der Waals surface area contributed by atoms with Crippen LogP contribution in [0.15, 0.2) is 60.9 Å². The zero-order valence-corrected chi connectivity index (χ0v) is 15.4. The molecule has 2 heterocycles.